The molecule has 0 bridgehead atoms. The fourth-order valence-electron chi connectivity index (χ4n) is 2.60. The van der Waals surface area contributed by atoms with Gasteiger partial charge >= 0.3 is 0 Å². The number of imidazole rings is 1. The van der Waals surface area contributed by atoms with E-state index in [1.165, 1.54) is 17.6 Å². The summed E-state index contributed by atoms with van der Waals surface area (Å²) in [6.45, 7) is 1.90. The maximum Gasteiger partial charge on any atom is 0.190 e. The Morgan fingerprint density at radius 3 is 2.92 bits per heavy atom. The van der Waals surface area contributed by atoms with Crippen molar-refractivity contribution >= 4 is 28.2 Å². The SMILES string of the molecule is Cc1nc(-c2cc(C(=O)[C@@H](C#N)c3nc4ccccc4[nH]3)co2)cs1. The summed E-state index contributed by atoms with van der Waals surface area (Å²) in [5, 5.41) is 12.3. The van der Waals surface area contributed by atoms with Crippen molar-refractivity contribution in [3.63, 3.8) is 0 Å². The molecule has 0 unspecified atom stereocenters. The van der Waals surface area contributed by atoms with Crippen molar-refractivity contribution in [3.05, 3.63) is 58.4 Å². The van der Waals surface area contributed by atoms with Gasteiger partial charge in [0.25, 0.3) is 0 Å². The first kappa shape index (κ1) is 15.3. The molecule has 0 saturated carbocycles. The van der Waals surface area contributed by atoms with Crippen molar-refractivity contribution in [3.8, 4) is 17.5 Å². The van der Waals surface area contributed by atoms with Gasteiger partial charge in [-0.1, -0.05) is 12.1 Å². The number of para-hydroxylation sites is 2. The third-order valence-electron chi connectivity index (χ3n) is 3.83. The Balaban J connectivity index is 1.66. The molecule has 0 radical (unpaired) electrons. The second-order valence-electron chi connectivity index (χ2n) is 5.52. The highest BCUT2D eigenvalue weighted by Crippen LogP contribution is 2.27. The van der Waals surface area contributed by atoms with Gasteiger partial charge < -0.3 is 9.40 Å². The van der Waals surface area contributed by atoms with Crippen molar-refractivity contribution in [2.45, 2.75) is 12.8 Å². The maximum absolute atomic E-state index is 12.7. The number of fused-ring (bicyclic) bond motifs is 1. The number of hydrogen-bond donors (Lipinski definition) is 1. The molecule has 0 spiro atoms. The summed E-state index contributed by atoms with van der Waals surface area (Å²) in [7, 11) is 0. The van der Waals surface area contributed by atoms with Gasteiger partial charge in [0.15, 0.2) is 17.5 Å². The molecule has 6 nitrogen and oxygen atoms in total. The number of aromatic amines is 1. The van der Waals surface area contributed by atoms with Gasteiger partial charge in [0.1, 0.15) is 17.8 Å². The molecule has 4 rings (SSSR count). The van der Waals surface area contributed by atoms with E-state index in [1.54, 1.807) is 6.07 Å². The number of nitriles is 1. The Kier molecular flexibility index (Phi) is 3.67. The molecule has 0 aliphatic carbocycles. The second kappa shape index (κ2) is 6.00. The topological polar surface area (TPSA) is 95.6 Å². The molecule has 1 N–H and O–H groups in total. The molecule has 7 heteroatoms. The molecular weight excluding hydrogens is 336 g/mol. The summed E-state index contributed by atoms with van der Waals surface area (Å²) in [6.07, 6.45) is 1.36. The lowest BCUT2D eigenvalue weighted by Crippen LogP contribution is -2.12. The Labute approximate surface area is 146 Å². The summed E-state index contributed by atoms with van der Waals surface area (Å²) in [5.74, 6) is -0.534. The minimum atomic E-state index is -1.02. The van der Waals surface area contributed by atoms with Crippen LogP contribution in [0.4, 0.5) is 0 Å². The number of hydrogen-bond acceptors (Lipinski definition) is 6. The normalized spacial score (nSPS) is 12.2. The lowest BCUT2D eigenvalue weighted by molar-refractivity contribution is 0.0976. The average Bonchev–Trinajstić information content (AvgIpc) is 3.33. The summed E-state index contributed by atoms with van der Waals surface area (Å²) in [6, 6.07) is 11.0. The number of carbonyl (C=O) groups is 1. The zero-order valence-electron chi connectivity index (χ0n) is 13.2. The van der Waals surface area contributed by atoms with E-state index in [0.717, 1.165) is 16.0 Å². The number of carbonyl (C=O) groups excluding carboxylic acids is 1. The Bertz CT molecular complexity index is 1080. The number of nitrogens with one attached hydrogen (secondary N) is 1. The number of Topliss-reactive ketones (excluding diaryl/α,β-unsaturated/α-hetero) is 1. The van der Waals surface area contributed by atoms with Crippen LogP contribution in [0.3, 0.4) is 0 Å². The zero-order valence-corrected chi connectivity index (χ0v) is 14.0. The fourth-order valence-corrected chi connectivity index (χ4v) is 3.20. The van der Waals surface area contributed by atoms with Crippen LogP contribution in [-0.4, -0.2) is 20.7 Å². The number of furan rings is 1. The molecule has 25 heavy (non-hydrogen) atoms. The van der Waals surface area contributed by atoms with E-state index in [2.05, 4.69) is 15.0 Å². The van der Waals surface area contributed by atoms with Gasteiger partial charge in [-0.3, -0.25) is 4.79 Å². The van der Waals surface area contributed by atoms with Crippen LogP contribution in [0.25, 0.3) is 22.5 Å². The van der Waals surface area contributed by atoms with Gasteiger partial charge in [0.2, 0.25) is 0 Å². The van der Waals surface area contributed by atoms with Crippen LogP contribution in [0.2, 0.25) is 0 Å². The summed E-state index contributed by atoms with van der Waals surface area (Å²) in [5.41, 5.74) is 2.51. The van der Waals surface area contributed by atoms with Crippen molar-refractivity contribution < 1.29 is 9.21 Å². The average molecular weight is 348 g/mol. The number of H-pyrrole nitrogens is 1. The number of rotatable bonds is 4. The van der Waals surface area contributed by atoms with Crippen LogP contribution in [-0.2, 0) is 0 Å². The molecule has 3 aromatic heterocycles. The van der Waals surface area contributed by atoms with E-state index in [4.69, 9.17) is 4.42 Å². The summed E-state index contributed by atoms with van der Waals surface area (Å²) in [4.78, 5) is 24.5. The number of ketones is 1. The first-order valence-corrected chi connectivity index (χ1v) is 8.43. The molecule has 0 aliphatic rings. The molecule has 4 aromatic rings. The Hall–Kier alpha value is -3.24. The van der Waals surface area contributed by atoms with Crippen LogP contribution >= 0.6 is 11.3 Å². The number of nitrogens with zero attached hydrogens (tertiary/aromatic N) is 3. The lowest BCUT2D eigenvalue weighted by Gasteiger charge is -2.02. The van der Waals surface area contributed by atoms with Gasteiger partial charge in [0.05, 0.1) is 27.7 Å². The maximum atomic E-state index is 12.7. The molecule has 0 saturated heterocycles. The molecule has 3 heterocycles. The molecule has 122 valence electrons. The van der Waals surface area contributed by atoms with Gasteiger partial charge in [-0.15, -0.1) is 11.3 Å². The van der Waals surface area contributed by atoms with E-state index in [-0.39, 0.29) is 5.78 Å². The lowest BCUT2D eigenvalue weighted by atomic mass is 10.00. The van der Waals surface area contributed by atoms with Crippen LogP contribution < -0.4 is 0 Å². The van der Waals surface area contributed by atoms with E-state index >= 15 is 0 Å². The predicted octanol–water partition coefficient (Wildman–Crippen LogP) is 4.08. The molecule has 0 fully saturated rings. The first-order valence-electron chi connectivity index (χ1n) is 7.55. The van der Waals surface area contributed by atoms with E-state index in [1.807, 2.05) is 42.6 Å². The minimum Gasteiger partial charge on any atom is -0.462 e. The molecule has 1 aromatic carbocycles. The minimum absolute atomic E-state index is 0.327. The Morgan fingerprint density at radius 2 is 2.20 bits per heavy atom. The molecule has 0 aliphatic heterocycles. The van der Waals surface area contributed by atoms with E-state index in [9.17, 15) is 10.1 Å². The quantitative estimate of drug-likeness (QED) is 0.561. The van der Waals surface area contributed by atoms with Crippen LogP contribution in [0.15, 0.2) is 46.4 Å². The third-order valence-corrected chi connectivity index (χ3v) is 4.60. The van der Waals surface area contributed by atoms with E-state index in [0.29, 0.717) is 22.8 Å². The van der Waals surface area contributed by atoms with Crippen molar-refractivity contribution in [2.75, 3.05) is 0 Å². The van der Waals surface area contributed by atoms with Crippen molar-refractivity contribution in [1.29, 1.82) is 5.26 Å². The smallest absolute Gasteiger partial charge is 0.190 e. The number of thiazole rings is 1. The molecular formula is C18H12N4O2S. The van der Waals surface area contributed by atoms with Gasteiger partial charge in [-0.25, -0.2) is 9.97 Å². The standard InChI is InChI=1S/C18H12N4O2S/c1-10-20-15(9-25-10)16-6-11(8-24-16)17(23)12(7-19)18-21-13-4-2-3-5-14(13)22-18/h2-6,8-9,12H,1H3,(H,21,22)/t12-/m1/s1. The summed E-state index contributed by atoms with van der Waals surface area (Å²) < 4.78 is 5.46. The van der Waals surface area contributed by atoms with Crippen molar-refractivity contribution in [1.82, 2.24) is 15.0 Å². The van der Waals surface area contributed by atoms with Crippen LogP contribution in [0.5, 0.6) is 0 Å². The summed E-state index contributed by atoms with van der Waals surface area (Å²) >= 11 is 1.50. The van der Waals surface area contributed by atoms with Crippen molar-refractivity contribution in [2.24, 2.45) is 0 Å². The monoisotopic (exact) mass is 348 g/mol. The second-order valence-corrected chi connectivity index (χ2v) is 6.58. The largest absolute Gasteiger partial charge is 0.462 e. The number of aryl methyl sites for hydroxylation is 1. The van der Waals surface area contributed by atoms with Gasteiger partial charge in [0, 0.05) is 5.38 Å². The first-order chi connectivity index (χ1) is 12.2. The van der Waals surface area contributed by atoms with Gasteiger partial charge in [-0.05, 0) is 25.1 Å². The third kappa shape index (κ3) is 2.73. The zero-order chi connectivity index (χ0) is 17.4. The van der Waals surface area contributed by atoms with E-state index < -0.39 is 5.92 Å². The molecule has 1 atom stereocenters. The highest BCUT2D eigenvalue weighted by atomic mass is 32.1. The fraction of sp³-hybridized carbons (Fsp3) is 0.111. The number of aromatic nitrogens is 3. The van der Waals surface area contributed by atoms with Crippen LogP contribution in [0.1, 0.15) is 27.1 Å². The highest BCUT2D eigenvalue weighted by Gasteiger charge is 2.27. The predicted molar refractivity (Wildman–Crippen MR) is 93.3 cm³/mol. The Morgan fingerprint density at radius 1 is 1.36 bits per heavy atom. The van der Waals surface area contributed by atoms with Crippen LogP contribution in [0, 0.1) is 18.3 Å². The molecule has 0 amide bonds. The highest BCUT2D eigenvalue weighted by molar-refractivity contribution is 7.09. The van der Waals surface area contributed by atoms with Gasteiger partial charge in [-0.2, -0.15) is 5.26 Å². The number of benzene rings is 1.